The summed E-state index contributed by atoms with van der Waals surface area (Å²) in [6, 6.07) is 79.7. The Hall–Kier alpha value is -8.44. The van der Waals surface area contributed by atoms with E-state index in [1.165, 1.54) is 135 Å². The molecule has 0 N–H and O–H groups in total. The maximum absolute atomic E-state index is 2.53. The number of thiophene rings is 1. The number of fused-ring (bicyclic) bond motifs is 19. The van der Waals surface area contributed by atoms with Crippen LogP contribution in [0.25, 0.3) is 135 Å². The van der Waals surface area contributed by atoms with Crippen LogP contribution >= 0.6 is 11.3 Å². The van der Waals surface area contributed by atoms with Gasteiger partial charge in [0.05, 0.1) is 33.1 Å². The Bertz CT molecular complexity index is 4700. The smallest absolute Gasteiger partial charge is 0.0634 e. The van der Waals surface area contributed by atoms with Crippen molar-refractivity contribution in [2.24, 2.45) is 0 Å². The second kappa shape index (κ2) is 14.8. The molecule has 0 aliphatic carbocycles. The average Bonchev–Trinajstić information content (AvgIpc) is 4.16. The standard InChI is InChI=1S/C67H47N3S/c1-40-21-23-41(24-22-40)42-25-30-46(31-26-42)70-56-20-12-10-18-53(56)62-64(70)52-17-8-7-16-51(52)60-54-36-38-58-63(65(54)71-66(60)62)61-48-14-6-5-13-43(48)27-37-57(61)69(58)47-34-35-50-49-15-9-11-19-55(49)68(59(50)39-47)45-32-28-44(29-33-45)67(2,3)4/h5-39H,1-4H3. The molecule has 11 aromatic carbocycles. The lowest BCUT2D eigenvalue weighted by Gasteiger charge is -2.19. The van der Waals surface area contributed by atoms with Crippen LogP contribution in [0.1, 0.15) is 31.9 Å². The lowest BCUT2D eigenvalue weighted by molar-refractivity contribution is 0.590. The molecule has 4 aromatic heterocycles. The molecule has 0 unspecified atom stereocenters. The highest BCUT2D eigenvalue weighted by Crippen LogP contribution is 2.52. The second-order valence-corrected chi connectivity index (χ2v) is 21.6. The van der Waals surface area contributed by atoms with Crippen molar-refractivity contribution >= 4 is 118 Å². The zero-order valence-corrected chi connectivity index (χ0v) is 40.8. The first kappa shape index (κ1) is 40.4. The SMILES string of the molecule is Cc1ccc(-c2ccc(-n3c4ccccc4c4c5sc6c(ccc7c6c6c8ccccc8ccc6n7-c6ccc7c8ccccc8n(-c8ccc(C(C)(C)C)cc8)c7c6)c5c5ccccc5c43)cc2)cc1. The van der Waals surface area contributed by atoms with E-state index in [2.05, 4.69) is 254 Å². The van der Waals surface area contributed by atoms with E-state index in [0.717, 1.165) is 11.4 Å². The Morgan fingerprint density at radius 1 is 0.338 bits per heavy atom. The van der Waals surface area contributed by atoms with Gasteiger partial charge in [0.25, 0.3) is 0 Å². The predicted octanol–water partition coefficient (Wildman–Crippen LogP) is 18.9. The van der Waals surface area contributed by atoms with Gasteiger partial charge in [-0.25, -0.2) is 0 Å². The van der Waals surface area contributed by atoms with Crippen LogP contribution in [0.4, 0.5) is 0 Å². The molecule has 0 saturated heterocycles. The highest BCUT2D eigenvalue weighted by atomic mass is 32.1. The summed E-state index contributed by atoms with van der Waals surface area (Å²) in [5.74, 6) is 0. The lowest BCUT2D eigenvalue weighted by atomic mass is 9.87. The molecule has 4 heteroatoms. The van der Waals surface area contributed by atoms with Crippen LogP contribution in [0.5, 0.6) is 0 Å². The monoisotopic (exact) mass is 925 g/mol. The van der Waals surface area contributed by atoms with E-state index in [-0.39, 0.29) is 5.41 Å². The number of hydrogen-bond donors (Lipinski definition) is 0. The Morgan fingerprint density at radius 2 is 0.873 bits per heavy atom. The van der Waals surface area contributed by atoms with E-state index >= 15 is 0 Å². The number of hydrogen-bond acceptors (Lipinski definition) is 1. The van der Waals surface area contributed by atoms with Gasteiger partial charge < -0.3 is 13.7 Å². The third-order valence-electron chi connectivity index (χ3n) is 15.4. The number of para-hydroxylation sites is 2. The van der Waals surface area contributed by atoms with Gasteiger partial charge >= 0.3 is 0 Å². The molecule has 0 spiro atoms. The first-order valence-electron chi connectivity index (χ1n) is 24.8. The van der Waals surface area contributed by atoms with Gasteiger partial charge in [0.1, 0.15) is 0 Å². The summed E-state index contributed by atoms with van der Waals surface area (Å²) in [5.41, 5.74) is 15.9. The molecule has 0 fully saturated rings. The quantitative estimate of drug-likeness (QED) is 0.167. The van der Waals surface area contributed by atoms with Gasteiger partial charge in [0.15, 0.2) is 0 Å². The minimum absolute atomic E-state index is 0.0698. The fraction of sp³-hybridized carbons (Fsp3) is 0.0746. The minimum Gasteiger partial charge on any atom is -0.309 e. The third-order valence-corrected chi connectivity index (χ3v) is 16.7. The minimum atomic E-state index is 0.0698. The molecular formula is C67H47N3S. The first-order chi connectivity index (χ1) is 34.8. The van der Waals surface area contributed by atoms with E-state index in [1.807, 2.05) is 11.3 Å². The number of rotatable bonds is 4. The van der Waals surface area contributed by atoms with Crippen molar-refractivity contribution in [3.05, 3.63) is 223 Å². The van der Waals surface area contributed by atoms with Crippen LogP contribution in [0.15, 0.2) is 212 Å². The second-order valence-electron chi connectivity index (χ2n) is 20.5. The maximum atomic E-state index is 2.53. The van der Waals surface area contributed by atoms with Crippen molar-refractivity contribution in [1.82, 2.24) is 13.7 Å². The highest BCUT2D eigenvalue weighted by molar-refractivity contribution is 7.28. The van der Waals surface area contributed by atoms with Crippen LogP contribution in [0, 0.1) is 6.92 Å². The molecule has 336 valence electrons. The summed E-state index contributed by atoms with van der Waals surface area (Å²) >= 11 is 1.97. The van der Waals surface area contributed by atoms with Gasteiger partial charge in [-0.15, -0.1) is 11.3 Å². The molecule has 15 aromatic rings. The summed E-state index contributed by atoms with van der Waals surface area (Å²) in [5, 5.41) is 15.4. The number of aryl methyl sites for hydroxylation is 1. The molecule has 0 aliphatic rings. The number of aromatic nitrogens is 3. The van der Waals surface area contributed by atoms with Gasteiger partial charge in [-0.1, -0.05) is 178 Å². The van der Waals surface area contributed by atoms with Crippen molar-refractivity contribution in [2.45, 2.75) is 33.1 Å². The molecule has 71 heavy (non-hydrogen) atoms. The van der Waals surface area contributed by atoms with Crippen LogP contribution in [-0.4, -0.2) is 13.7 Å². The Kier molecular flexibility index (Phi) is 8.42. The molecule has 0 saturated carbocycles. The van der Waals surface area contributed by atoms with Crippen LogP contribution < -0.4 is 0 Å². The van der Waals surface area contributed by atoms with Crippen molar-refractivity contribution in [3.63, 3.8) is 0 Å². The van der Waals surface area contributed by atoms with Crippen molar-refractivity contribution in [1.29, 1.82) is 0 Å². The van der Waals surface area contributed by atoms with E-state index < -0.39 is 0 Å². The summed E-state index contributed by atoms with van der Waals surface area (Å²) < 4.78 is 10.2. The van der Waals surface area contributed by atoms with Gasteiger partial charge in [0, 0.05) is 74.9 Å². The fourth-order valence-corrected chi connectivity index (χ4v) is 13.5. The van der Waals surface area contributed by atoms with Crippen molar-refractivity contribution < 1.29 is 0 Å². The van der Waals surface area contributed by atoms with E-state index in [9.17, 15) is 0 Å². The van der Waals surface area contributed by atoms with E-state index in [1.54, 1.807) is 0 Å². The molecule has 0 atom stereocenters. The van der Waals surface area contributed by atoms with Gasteiger partial charge in [-0.2, -0.15) is 0 Å². The average molecular weight is 926 g/mol. The molecule has 0 aliphatic heterocycles. The zero-order valence-electron chi connectivity index (χ0n) is 40.0. The summed E-state index contributed by atoms with van der Waals surface area (Å²) in [6.07, 6.45) is 0. The molecule has 15 rings (SSSR count). The van der Waals surface area contributed by atoms with E-state index in [0.29, 0.717) is 0 Å². The maximum Gasteiger partial charge on any atom is 0.0634 e. The lowest BCUT2D eigenvalue weighted by Crippen LogP contribution is -2.10. The van der Waals surface area contributed by atoms with Crippen molar-refractivity contribution in [2.75, 3.05) is 0 Å². The first-order valence-corrected chi connectivity index (χ1v) is 25.6. The van der Waals surface area contributed by atoms with E-state index in [4.69, 9.17) is 0 Å². The fourth-order valence-electron chi connectivity index (χ4n) is 12.1. The van der Waals surface area contributed by atoms with Gasteiger partial charge in [-0.3, -0.25) is 0 Å². The van der Waals surface area contributed by atoms with Gasteiger partial charge in [0.2, 0.25) is 0 Å². The highest BCUT2D eigenvalue weighted by Gasteiger charge is 2.26. The van der Waals surface area contributed by atoms with Crippen molar-refractivity contribution in [3.8, 4) is 28.2 Å². The summed E-state index contributed by atoms with van der Waals surface area (Å²) in [7, 11) is 0. The Balaban J connectivity index is 1.03. The predicted molar refractivity (Wildman–Crippen MR) is 306 cm³/mol. The molecule has 0 amide bonds. The molecule has 4 heterocycles. The largest absolute Gasteiger partial charge is 0.309 e. The summed E-state index contributed by atoms with van der Waals surface area (Å²) in [6.45, 7) is 8.99. The normalized spacial score (nSPS) is 12.5. The van der Waals surface area contributed by atoms with Crippen LogP contribution in [0.3, 0.4) is 0 Å². The number of benzene rings is 11. The Morgan fingerprint density at radius 3 is 1.62 bits per heavy atom. The number of nitrogens with zero attached hydrogens (tertiary/aromatic N) is 3. The van der Waals surface area contributed by atoms with Crippen LogP contribution in [0.2, 0.25) is 0 Å². The zero-order chi connectivity index (χ0) is 47.3. The van der Waals surface area contributed by atoms with Gasteiger partial charge in [-0.05, 0) is 106 Å². The molecular weight excluding hydrogens is 879 g/mol. The molecule has 0 radical (unpaired) electrons. The van der Waals surface area contributed by atoms with Crippen LogP contribution in [-0.2, 0) is 5.41 Å². The molecule has 0 bridgehead atoms. The molecule has 3 nitrogen and oxygen atoms in total. The summed E-state index contributed by atoms with van der Waals surface area (Å²) in [4.78, 5) is 0. The Labute approximate surface area is 414 Å². The third kappa shape index (κ3) is 5.77. The topological polar surface area (TPSA) is 14.8 Å².